The van der Waals surface area contributed by atoms with Gasteiger partial charge in [-0.2, -0.15) is 0 Å². The largest absolute Gasteiger partial charge is 0.341 e. The number of hydrogen-bond donors (Lipinski definition) is 0. The number of likely N-dealkylation sites (tertiary alicyclic amines) is 2. The van der Waals surface area contributed by atoms with Gasteiger partial charge in [-0.3, -0.25) is 19.2 Å². The monoisotopic (exact) mass is 1060 g/mol. The first-order chi connectivity index (χ1) is 37.1. The molecule has 0 spiro atoms. The molecule has 2 heterocycles. The van der Waals surface area contributed by atoms with Crippen LogP contribution in [0.4, 0.5) is 0 Å². The van der Waals surface area contributed by atoms with Crippen LogP contribution in [-0.4, -0.2) is 95.6 Å². The van der Waals surface area contributed by atoms with Crippen molar-refractivity contribution in [1.82, 2.24) is 19.6 Å². The zero-order valence-electron chi connectivity index (χ0n) is 51.1. The lowest BCUT2D eigenvalue weighted by molar-refractivity contribution is -0.148. The number of carbonyl (C=O) groups excluding carboxylic acids is 4. The second-order valence-corrected chi connectivity index (χ2v) is 23.4. The van der Waals surface area contributed by atoms with E-state index < -0.39 is 11.8 Å². The molecule has 0 radical (unpaired) electrons. The van der Waals surface area contributed by atoms with Crippen molar-refractivity contribution in [2.24, 2.45) is 35.5 Å². The van der Waals surface area contributed by atoms with Crippen LogP contribution in [0.25, 0.3) is 0 Å². The van der Waals surface area contributed by atoms with Crippen molar-refractivity contribution in [2.45, 2.75) is 273 Å². The Morgan fingerprint density at radius 2 is 0.566 bits per heavy atom. The van der Waals surface area contributed by atoms with Crippen LogP contribution in [-0.2, 0) is 19.2 Å². The molecule has 2 fully saturated rings. The smallest absolute Gasteiger partial charge is 0.235 e. The van der Waals surface area contributed by atoms with Crippen LogP contribution in [0, 0.1) is 35.5 Å². The Labute approximate surface area is 471 Å². The van der Waals surface area contributed by atoms with Gasteiger partial charge in [0.25, 0.3) is 0 Å². The minimum absolute atomic E-state index is 0.136. The summed E-state index contributed by atoms with van der Waals surface area (Å²) in [5.41, 5.74) is 0. The van der Waals surface area contributed by atoms with Gasteiger partial charge in [-0.1, -0.05) is 284 Å². The van der Waals surface area contributed by atoms with Crippen LogP contribution in [0.2, 0.25) is 0 Å². The van der Waals surface area contributed by atoms with Crippen molar-refractivity contribution < 1.29 is 19.2 Å². The van der Waals surface area contributed by atoms with Gasteiger partial charge in [0, 0.05) is 52.4 Å². The fourth-order valence-corrected chi connectivity index (χ4v) is 12.2. The van der Waals surface area contributed by atoms with Gasteiger partial charge in [-0.05, 0) is 36.5 Å². The molecule has 0 saturated carbocycles. The highest BCUT2D eigenvalue weighted by atomic mass is 16.2. The van der Waals surface area contributed by atoms with Crippen LogP contribution in [0.3, 0.4) is 0 Å². The summed E-state index contributed by atoms with van der Waals surface area (Å²) in [7, 11) is 0. The van der Waals surface area contributed by atoms with Crippen molar-refractivity contribution in [3.63, 3.8) is 0 Å². The maximum atomic E-state index is 13.8. The average molecular weight is 1060 g/mol. The number of carbonyl (C=O) groups is 4. The first-order valence-corrected chi connectivity index (χ1v) is 32.7. The first kappa shape index (κ1) is 70.9. The molecule has 4 atom stereocenters. The maximum Gasteiger partial charge on any atom is 0.235 e. The third-order valence-electron chi connectivity index (χ3n) is 17.3. The summed E-state index contributed by atoms with van der Waals surface area (Å²) in [4.78, 5) is 61.7. The second-order valence-electron chi connectivity index (χ2n) is 23.4. The van der Waals surface area contributed by atoms with Gasteiger partial charge in [-0.25, -0.2) is 0 Å². The number of nitrogens with zero attached hydrogens (tertiary/aromatic N) is 4. The number of rotatable bonds is 48. The minimum Gasteiger partial charge on any atom is -0.341 e. The van der Waals surface area contributed by atoms with Crippen LogP contribution < -0.4 is 0 Å². The fraction of sp³-hybridized carbons (Fsp3) is 0.824. The standard InChI is InChI=1S/C36H68N2O2.C32H56N2O2/c1-6-11-12-13-14-15-16-17-18-19-20-21-22-23-24-25-34(35(39)37-26-30(7-2)31(8-3)27-37)36(40)38-28-32(9-4)33(10-5)29-38;1-6-11-12-13-14-15-16-17-18-19-20-21-22-23-24-25-30(31(35)33(26-7-2)27-8-3)32(36)34(28-9-4)29-10-5/h30-34H,6-29H2,1-5H3;7-10,30H,2-6,11-29H2,1H3. The predicted octanol–water partition coefficient (Wildman–Crippen LogP) is 17.9. The molecule has 2 aliphatic heterocycles. The molecular weight excluding hydrogens is 937 g/mol. The van der Waals surface area contributed by atoms with E-state index in [0.717, 1.165) is 84.0 Å². The van der Waals surface area contributed by atoms with Crippen molar-refractivity contribution in [3.05, 3.63) is 50.6 Å². The molecule has 4 amide bonds. The summed E-state index contributed by atoms with van der Waals surface area (Å²) >= 11 is 0. The Morgan fingerprint density at radius 1 is 0.355 bits per heavy atom. The molecule has 2 saturated heterocycles. The van der Waals surface area contributed by atoms with Crippen molar-refractivity contribution >= 4 is 23.6 Å². The third-order valence-corrected chi connectivity index (χ3v) is 17.3. The average Bonchev–Trinajstić information content (AvgIpc) is 4.07. The topological polar surface area (TPSA) is 81.2 Å². The normalized spacial score (nSPS) is 17.6. The molecule has 440 valence electrons. The van der Waals surface area contributed by atoms with Crippen molar-refractivity contribution in [3.8, 4) is 0 Å². The van der Waals surface area contributed by atoms with Crippen LogP contribution >= 0.6 is 0 Å². The number of amides is 4. The molecule has 76 heavy (non-hydrogen) atoms. The molecule has 0 aromatic heterocycles. The molecular formula is C68H124N4O4. The molecule has 0 N–H and O–H groups in total. The fourth-order valence-electron chi connectivity index (χ4n) is 12.2. The number of hydrogen-bond acceptors (Lipinski definition) is 4. The molecule has 2 rings (SSSR count). The van der Waals surface area contributed by atoms with Crippen LogP contribution in [0.1, 0.15) is 273 Å². The zero-order chi connectivity index (χ0) is 56.0. The molecule has 0 bridgehead atoms. The summed E-state index contributed by atoms with van der Waals surface area (Å²) in [5.74, 6) is 1.25. The SMILES string of the molecule is C=CCN(CC=C)C(=O)C(CCCCCCCCCCCCCCCCC)C(=O)N(CC=C)CC=C.CCCCCCCCCCCCCCCCCC(C(=O)N1CC(CC)C(CC)C1)C(=O)N1CC(CC)C(CC)C1. The van der Waals surface area contributed by atoms with Crippen LogP contribution in [0.15, 0.2) is 50.6 Å². The molecule has 0 aromatic rings. The van der Waals surface area contributed by atoms with Crippen LogP contribution in [0.5, 0.6) is 0 Å². The van der Waals surface area contributed by atoms with E-state index >= 15 is 0 Å². The quantitative estimate of drug-likeness (QED) is 0.0345. The van der Waals surface area contributed by atoms with E-state index in [1.165, 1.54) is 167 Å². The van der Waals surface area contributed by atoms with E-state index in [1.807, 2.05) is 0 Å². The molecule has 2 aliphatic rings. The molecule has 4 unspecified atom stereocenters. The number of unbranched alkanes of at least 4 members (excludes halogenated alkanes) is 28. The molecule has 0 aliphatic carbocycles. The Bertz CT molecular complexity index is 1390. The Morgan fingerprint density at radius 3 is 0.776 bits per heavy atom. The summed E-state index contributed by atoms with van der Waals surface area (Å²) < 4.78 is 0. The van der Waals surface area contributed by atoms with E-state index in [2.05, 4.69) is 77.7 Å². The second kappa shape index (κ2) is 47.8. The predicted molar refractivity (Wildman–Crippen MR) is 328 cm³/mol. The summed E-state index contributed by atoms with van der Waals surface area (Å²) in [6, 6.07) is 0. The van der Waals surface area contributed by atoms with E-state index in [4.69, 9.17) is 0 Å². The minimum atomic E-state index is -0.674. The molecule has 8 nitrogen and oxygen atoms in total. The molecule has 0 aromatic carbocycles. The van der Waals surface area contributed by atoms with Gasteiger partial charge in [0.05, 0.1) is 0 Å². The summed E-state index contributed by atoms with van der Waals surface area (Å²) in [6.45, 7) is 33.7. The Kier molecular flexibility index (Phi) is 44.6. The van der Waals surface area contributed by atoms with Gasteiger partial charge in [0.15, 0.2) is 0 Å². The lowest BCUT2D eigenvalue weighted by Crippen LogP contribution is -2.45. The zero-order valence-corrected chi connectivity index (χ0v) is 51.1. The van der Waals surface area contributed by atoms with Gasteiger partial charge in [0.1, 0.15) is 11.8 Å². The van der Waals surface area contributed by atoms with Crippen molar-refractivity contribution in [2.75, 3.05) is 52.4 Å². The van der Waals surface area contributed by atoms with Gasteiger partial charge in [0.2, 0.25) is 23.6 Å². The summed E-state index contributed by atoms with van der Waals surface area (Å²) in [6.07, 6.45) is 52.1. The Balaban J connectivity index is 0.000000765. The summed E-state index contributed by atoms with van der Waals surface area (Å²) in [5, 5.41) is 0. The van der Waals surface area contributed by atoms with Crippen molar-refractivity contribution in [1.29, 1.82) is 0 Å². The van der Waals surface area contributed by atoms with Gasteiger partial charge >= 0.3 is 0 Å². The highest BCUT2D eigenvalue weighted by Gasteiger charge is 2.42. The lowest BCUT2D eigenvalue weighted by Gasteiger charge is -2.29. The van der Waals surface area contributed by atoms with Gasteiger partial charge < -0.3 is 19.6 Å². The highest BCUT2D eigenvalue weighted by molar-refractivity contribution is 6.01. The van der Waals surface area contributed by atoms with E-state index in [1.54, 1.807) is 34.1 Å². The van der Waals surface area contributed by atoms with Gasteiger partial charge in [-0.15, -0.1) is 26.3 Å². The maximum absolute atomic E-state index is 13.8. The highest BCUT2D eigenvalue weighted by Crippen LogP contribution is 2.34. The van der Waals surface area contributed by atoms with E-state index in [-0.39, 0.29) is 23.6 Å². The third kappa shape index (κ3) is 30.3. The Hall–Kier alpha value is -3.16. The first-order valence-electron chi connectivity index (χ1n) is 32.7. The van der Waals surface area contributed by atoms with E-state index in [9.17, 15) is 19.2 Å². The molecule has 8 heteroatoms. The lowest BCUT2D eigenvalue weighted by atomic mass is 9.92. The van der Waals surface area contributed by atoms with E-state index in [0.29, 0.717) is 56.3 Å².